The number of hydrogen-bond donors (Lipinski definition) is 0. The van der Waals surface area contributed by atoms with Crippen LogP contribution in [-0.4, -0.2) is 24.4 Å². The van der Waals surface area contributed by atoms with Crippen LogP contribution in [0.2, 0.25) is 0 Å². The molecule has 2 nitrogen and oxygen atoms in total. The zero-order valence-corrected chi connectivity index (χ0v) is 11.5. The Hall–Kier alpha value is -0.900. The van der Waals surface area contributed by atoms with Gasteiger partial charge in [0.2, 0.25) is 0 Å². The van der Waals surface area contributed by atoms with Crippen molar-refractivity contribution in [3.8, 4) is 0 Å². The third-order valence-electron chi connectivity index (χ3n) is 3.29. The van der Waals surface area contributed by atoms with Crippen LogP contribution in [-0.2, 0) is 0 Å². The second-order valence-corrected chi connectivity index (χ2v) is 5.70. The van der Waals surface area contributed by atoms with Crippen LogP contribution in [0, 0.1) is 17.7 Å². The van der Waals surface area contributed by atoms with Crippen LogP contribution in [0.15, 0.2) is 22.7 Å². The summed E-state index contributed by atoms with van der Waals surface area (Å²) >= 11 is 3.25. The molecule has 1 amide bonds. The number of benzene rings is 1. The van der Waals surface area contributed by atoms with Gasteiger partial charge < -0.3 is 4.90 Å². The number of carbonyl (C=O) groups excluding carboxylic acids is 1. The number of rotatable bonds is 3. The minimum atomic E-state index is -0.464. The van der Waals surface area contributed by atoms with E-state index in [-0.39, 0.29) is 11.5 Å². The molecule has 0 saturated heterocycles. The smallest absolute Gasteiger partial charge is 0.256 e. The minimum absolute atomic E-state index is 0.134. The monoisotopic (exact) mass is 299 g/mol. The number of halogens is 2. The van der Waals surface area contributed by atoms with Gasteiger partial charge in [0.05, 0.1) is 5.56 Å². The Kier molecular flexibility index (Phi) is 3.52. The van der Waals surface area contributed by atoms with Crippen LogP contribution in [0.3, 0.4) is 0 Å². The number of nitrogens with zero attached hydrogens (tertiary/aromatic N) is 1. The molecule has 92 valence electrons. The van der Waals surface area contributed by atoms with E-state index >= 15 is 0 Å². The highest BCUT2D eigenvalue weighted by Crippen LogP contribution is 2.38. The molecular weight excluding hydrogens is 285 g/mol. The molecule has 1 aromatic carbocycles. The molecule has 0 aromatic heterocycles. The van der Waals surface area contributed by atoms with Gasteiger partial charge in [0.1, 0.15) is 5.82 Å². The van der Waals surface area contributed by atoms with E-state index in [9.17, 15) is 9.18 Å². The van der Waals surface area contributed by atoms with Crippen molar-refractivity contribution in [1.29, 1.82) is 0 Å². The Morgan fingerprint density at radius 3 is 2.82 bits per heavy atom. The van der Waals surface area contributed by atoms with Gasteiger partial charge in [0, 0.05) is 18.1 Å². The predicted molar refractivity (Wildman–Crippen MR) is 68.3 cm³/mol. The number of amides is 1. The number of hydrogen-bond acceptors (Lipinski definition) is 1. The second kappa shape index (κ2) is 4.77. The molecule has 1 aliphatic rings. The van der Waals surface area contributed by atoms with Crippen LogP contribution < -0.4 is 0 Å². The molecule has 17 heavy (non-hydrogen) atoms. The summed E-state index contributed by atoms with van der Waals surface area (Å²) in [4.78, 5) is 13.7. The molecule has 0 bridgehead atoms. The van der Waals surface area contributed by atoms with Crippen LogP contribution in [0.4, 0.5) is 4.39 Å². The van der Waals surface area contributed by atoms with E-state index in [4.69, 9.17) is 0 Å². The van der Waals surface area contributed by atoms with Crippen molar-refractivity contribution in [2.75, 3.05) is 13.6 Å². The maximum Gasteiger partial charge on any atom is 0.256 e. The summed E-state index contributed by atoms with van der Waals surface area (Å²) in [7, 11) is 1.73. The van der Waals surface area contributed by atoms with Gasteiger partial charge in [-0.1, -0.05) is 22.9 Å². The van der Waals surface area contributed by atoms with E-state index in [0.717, 1.165) is 4.47 Å². The fourth-order valence-electron chi connectivity index (χ4n) is 1.96. The lowest BCUT2D eigenvalue weighted by atomic mass is 10.2. The molecule has 0 spiro atoms. The molecule has 1 aromatic rings. The van der Waals surface area contributed by atoms with Crippen molar-refractivity contribution in [3.05, 3.63) is 34.1 Å². The summed E-state index contributed by atoms with van der Waals surface area (Å²) in [6.45, 7) is 2.88. The molecule has 0 heterocycles. The van der Waals surface area contributed by atoms with Gasteiger partial charge >= 0.3 is 0 Å². The van der Waals surface area contributed by atoms with Crippen LogP contribution in [0.5, 0.6) is 0 Å². The fraction of sp³-hybridized carbons (Fsp3) is 0.462. The van der Waals surface area contributed by atoms with Crippen molar-refractivity contribution < 1.29 is 9.18 Å². The van der Waals surface area contributed by atoms with Gasteiger partial charge in [-0.05, 0) is 36.5 Å². The second-order valence-electron chi connectivity index (χ2n) is 4.78. The Labute approximate surface area is 109 Å². The largest absolute Gasteiger partial charge is 0.341 e. The first-order valence-electron chi connectivity index (χ1n) is 5.69. The minimum Gasteiger partial charge on any atom is -0.341 e. The molecule has 0 N–H and O–H groups in total. The van der Waals surface area contributed by atoms with Gasteiger partial charge in [-0.2, -0.15) is 0 Å². The standard InChI is InChI=1S/C13H15BrFNO/c1-8-5-9(8)7-16(2)13(17)11-6-10(14)3-4-12(11)15/h3-4,6,8-9H,5,7H2,1-2H3. The average molecular weight is 300 g/mol. The lowest BCUT2D eigenvalue weighted by Crippen LogP contribution is -2.29. The zero-order chi connectivity index (χ0) is 12.6. The molecule has 1 aliphatic carbocycles. The quantitative estimate of drug-likeness (QED) is 0.838. The Bertz CT molecular complexity index is 449. The summed E-state index contributed by atoms with van der Waals surface area (Å²) in [6, 6.07) is 4.43. The molecule has 1 fully saturated rings. The van der Waals surface area contributed by atoms with Gasteiger partial charge in [0.15, 0.2) is 0 Å². The zero-order valence-electron chi connectivity index (χ0n) is 9.91. The summed E-state index contributed by atoms with van der Waals surface area (Å²) in [5.41, 5.74) is 0.134. The summed E-state index contributed by atoms with van der Waals surface area (Å²) in [6.07, 6.45) is 1.17. The van der Waals surface area contributed by atoms with Gasteiger partial charge in [-0.3, -0.25) is 4.79 Å². The van der Waals surface area contributed by atoms with Gasteiger partial charge in [-0.25, -0.2) is 4.39 Å². The molecule has 1 saturated carbocycles. The van der Waals surface area contributed by atoms with Crippen molar-refractivity contribution >= 4 is 21.8 Å². The van der Waals surface area contributed by atoms with Gasteiger partial charge in [-0.15, -0.1) is 0 Å². The Balaban J connectivity index is 2.10. The first-order valence-corrected chi connectivity index (χ1v) is 6.49. The third kappa shape index (κ3) is 2.86. The highest BCUT2D eigenvalue weighted by Gasteiger charge is 2.34. The maximum atomic E-state index is 13.5. The first-order chi connectivity index (χ1) is 7.99. The fourth-order valence-corrected chi connectivity index (χ4v) is 2.32. The van der Waals surface area contributed by atoms with Crippen molar-refractivity contribution in [2.45, 2.75) is 13.3 Å². The molecule has 0 aliphatic heterocycles. The highest BCUT2D eigenvalue weighted by atomic mass is 79.9. The van der Waals surface area contributed by atoms with E-state index in [1.165, 1.54) is 18.6 Å². The molecule has 2 rings (SSSR count). The summed E-state index contributed by atoms with van der Waals surface area (Å²) < 4.78 is 14.3. The molecule has 2 atom stereocenters. The van der Waals surface area contributed by atoms with E-state index < -0.39 is 5.82 Å². The van der Waals surface area contributed by atoms with Crippen LogP contribution in [0.1, 0.15) is 23.7 Å². The molecule has 0 radical (unpaired) electrons. The van der Waals surface area contributed by atoms with Crippen LogP contribution >= 0.6 is 15.9 Å². The van der Waals surface area contributed by atoms with Crippen LogP contribution in [0.25, 0.3) is 0 Å². The lowest BCUT2D eigenvalue weighted by molar-refractivity contribution is 0.0782. The summed E-state index contributed by atoms with van der Waals surface area (Å²) in [5.74, 6) is 0.563. The van der Waals surface area contributed by atoms with Crippen molar-refractivity contribution in [1.82, 2.24) is 4.90 Å². The van der Waals surface area contributed by atoms with E-state index in [2.05, 4.69) is 22.9 Å². The van der Waals surface area contributed by atoms with Crippen molar-refractivity contribution in [3.63, 3.8) is 0 Å². The SMILES string of the molecule is CC1CC1CN(C)C(=O)c1cc(Br)ccc1F. The number of carbonyl (C=O) groups is 1. The topological polar surface area (TPSA) is 20.3 Å². The van der Waals surface area contributed by atoms with E-state index in [1.54, 1.807) is 18.0 Å². The van der Waals surface area contributed by atoms with Crippen molar-refractivity contribution in [2.24, 2.45) is 11.8 Å². The molecule has 2 unspecified atom stereocenters. The van der Waals surface area contributed by atoms with E-state index in [0.29, 0.717) is 18.4 Å². The molecule has 4 heteroatoms. The summed E-state index contributed by atoms with van der Waals surface area (Å²) in [5, 5.41) is 0. The third-order valence-corrected chi connectivity index (χ3v) is 3.78. The average Bonchev–Trinajstić information content (AvgIpc) is 2.96. The first kappa shape index (κ1) is 12.6. The van der Waals surface area contributed by atoms with Gasteiger partial charge in [0.25, 0.3) is 5.91 Å². The maximum absolute atomic E-state index is 13.5. The normalized spacial score (nSPS) is 22.4. The Morgan fingerprint density at radius 2 is 2.24 bits per heavy atom. The highest BCUT2D eigenvalue weighted by molar-refractivity contribution is 9.10. The Morgan fingerprint density at radius 1 is 1.59 bits per heavy atom. The predicted octanol–water partition coefficient (Wildman–Crippen LogP) is 3.32. The lowest BCUT2D eigenvalue weighted by Gasteiger charge is -2.17. The van der Waals surface area contributed by atoms with E-state index in [1.807, 2.05) is 0 Å². The molecular formula is C13H15BrFNO.